The van der Waals surface area contributed by atoms with Gasteiger partial charge >= 0.3 is 0 Å². The van der Waals surface area contributed by atoms with Crippen LogP contribution in [-0.4, -0.2) is 27.9 Å². The van der Waals surface area contributed by atoms with Crippen molar-refractivity contribution >= 4 is 0 Å². The molecule has 2 fully saturated rings. The zero-order valence-electron chi connectivity index (χ0n) is 11.4. The molecule has 2 heterocycles. The summed E-state index contributed by atoms with van der Waals surface area (Å²) in [5.41, 5.74) is 0.221. The maximum Gasteiger partial charge on any atom is 0.139 e. The van der Waals surface area contributed by atoms with Gasteiger partial charge < -0.3 is 9.88 Å². The standard InChI is InChI=1S/C14H24N4/c1-14(7-9-15-10-8-14)13-17-16-11-18(13)12-5-3-2-4-6-12/h11-12,15H,2-10H2,1H3. The van der Waals surface area contributed by atoms with Crippen molar-refractivity contribution in [2.24, 2.45) is 0 Å². The molecule has 0 unspecified atom stereocenters. The van der Waals surface area contributed by atoms with Gasteiger partial charge in [0.05, 0.1) is 0 Å². The zero-order valence-corrected chi connectivity index (χ0v) is 11.4. The number of piperidine rings is 1. The molecule has 0 amide bonds. The third kappa shape index (κ3) is 2.18. The first-order valence-electron chi connectivity index (χ1n) is 7.40. The van der Waals surface area contributed by atoms with Crippen LogP contribution in [-0.2, 0) is 5.41 Å². The molecule has 1 aliphatic carbocycles. The molecule has 1 aromatic rings. The van der Waals surface area contributed by atoms with Gasteiger partial charge in [-0.05, 0) is 38.8 Å². The summed E-state index contributed by atoms with van der Waals surface area (Å²) in [4.78, 5) is 0. The monoisotopic (exact) mass is 248 g/mol. The molecule has 4 nitrogen and oxygen atoms in total. The molecule has 0 radical (unpaired) electrons. The molecule has 0 spiro atoms. The van der Waals surface area contributed by atoms with Crippen molar-refractivity contribution in [3.63, 3.8) is 0 Å². The van der Waals surface area contributed by atoms with Crippen LogP contribution in [0.1, 0.15) is 63.7 Å². The first-order valence-corrected chi connectivity index (χ1v) is 7.40. The summed E-state index contributed by atoms with van der Waals surface area (Å²) in [6.45, 7) is 4.57. The van der Waals surface area contributed by atoms with Gasteiger partial charge in [0.1, 0.15) is 12.2 Å². The predicted octanol–water partition coefficient (Wildman–Crippen LogP) is 2.42. The zero-order chi connectivity index (χ0) is 12.4. The SMILES string of the molecule is CC1(c2nncn2C2CCCCC2)CCNCC1. The van der Waals surface area contributed by atoms with Crippen LogP contribution in [0.3, 0.4) is 0 Å². The fourth-order valence-electron chi connectivity index (χ4n) is 3.50. The van der Waals surface area contributed by atoms with Gasteiger partial charge in [-0.15, -0.1) is 10.2 Å². The maximum absolute atomic E-state index is 4.47. The van der Waals surface area contributed by atoms with Crippen LogP contribution in [0, 0.1) is 0 Å². The fraction of sp³-hybridized carbons (Fsp3) is 0.857. The molecule has 0 atom stereocenters. The smallest absolute Gasteiger partial charge is 0.139 e. The molecule has 1 aliphatic heterocycles. The second kappa shape index (κ2) is 5.00. The van der Waals surface area contributed by atoms with Crippen LogP contribution in [0.4, 0.5) is 0 Å². The molecule has 18 heavy (non-hydrogen) atoms. The molecule has 0 bridgehead atoms. The number of hydrogen-bond donors (Lipinski definition) is 1. The van der Waals surface area contributed by atoms with Crippen LogP contribution < -0.4 is 5.32 Å². The van der Waals surface area contributed by atoms with Crippen molar-refractivity contribution < 1.29 is 0 Å². The Bertz CT molecular complexity index is 386. The van der Waals surface area contributed by atoms with E-state index in [1.165, 1.54) is 50.8 Å². The highest BCUT2D eigenvalue weighted by Crippen LogP contribution is 2.36. The number of aromatic nitrogens is 3. The summed E-state index contributed by atoms with van der Waals surface area (Å²) in [6, 6.07) is 0.649. The van der Waals surface area contributed by atoms with Gasteiger partial charge in [-0.1, -0.05) is 26.2 Å². The van der Waals surface area contributed by atoms with Crippen molar-refractivity contribution in [1.29, 1.82) is 0 Å². The van der Waals surface area contributed by atoms with E-state index in [4.69, 9.17) is 0 Å². The highest BCUT2D eigenvalue weighted by atomic mass is 15.3. The minimum absolute atomic E-state index is 0.221. The number of rotatable bonds is 2. The largest absolute Gasteiger partial charge is 0.317 e. The van der Waals surface area contributed by atoms with E-state index in [1.54, 1.807) is 0 Å². The van der Waals surface area contributed by atoms with Crippen LogP contribution >= 0.6 is 0 Å². The molecule has 1 saturated carbocycles. The normalized spacial score (nSPS) is 25.2. The van der Waals surface area contributed by atoms with E-state index in [1.807, 2.05) is 6.33 Å². The first-order chi connectivity index (χ1) is 8.80. The molecule has 2 aliphatic rings. The quantitative estimate of drug-likeness (QED) is 0.874. The Hall–Kier alpha value is -0.900. The minimum Gasteiger partial charge on any atom is -0.317 e. The molecule has 1 N–H and O–H groups in total. The Morgan fingerprint density at radius 1 is 1.22 bits per heavy atom. The van der Waals surface area contributed by atoms with Crippen molar-refractivity contribution in [2.75, 3.05) is 13.1 Å². The predicted molar refractivity (Wildman–Crippen MR) is 71.6 cm³/mol. The van der Waals surface area contributed by atoms with E-state index in [2.05, 4.69) is 27.0 Å². The average molecular weight is 248 g/mol. The summed E-state index contributed by atoms with van der Waals surface area (Å²) in [5.74, 6) is 1.23. The van der Waals surface area contributed by atoms with Gasteiger partial charge in [0.25, 0.3) is 0 Å². The topological polar surface area (TPSA) is 42.7 Å². The maximum atomic E-state index is 4.47. The van der Waals surface area contributed by atoms with E-state index in [-0.39, 0.29) is 5.41 Å². The van der Waals surface area contributed by atoms with Crippen molar-refractivity contribution in [2.45, 2.75) is 63.3 Å². The summed E-state index contributed by atoms with van der Waals surface area (Å²) < 4.78 is 2.39. The van der Waals surface area contributed by atoms with Crippen LogP contribution in [0.15, 0.2) is 6.33 Å². The average Bonchev–Trinajstić information content (AvgIpc) is 2.91. The van der Waals surface area contributed by atoms with Gasteiger partial charge in [0.15, 0.2) is 0 Å². The Morgan fingerprint density at radius 3 is 2.67 bits per heavy atom. The third-order valence-electron chi connectivity index (χ3n) is 4.79. The van der Waals surface area contributed by atoms with Crippen LogP contribution in [0.5, 0.6) is 0 Å². The third-order valence-corrected chi connectivity index (χ3v) is 4.79. The number of nitrogens with zero attached hydrogens (tertiary/aromatic N) is 3. The molecule has 100 valence electrons. The molecule has 1 aromatic heterocycles. The van der Waals surface area contributed by atoms with E-state index < -0.39 is 0 Å². The van der Waals surface area contributed by atoms with Crippen molar-refractivity contribution in [3.8, 4) is 0 Å². The Labute approximate surface area is 109 Å². The lowest BCUT2D eigenvalue weighted by Gasteiger charge is -2.35. The van der Waals surface area contributed by atoms with Gasteiger partial charge in [0, 0.05) is 11.5 Å². The second-order valence-corrected chi connectivity index (χ2v) is 6.16. The van der Waals surface area contributed by atoms with E-state index >= 15 is 0 Å². The highest BCUT2D eigenvalue weighted by molar-refractivity contribution is 5.09. The lowest BCUT2D eigenvalue weighted by molar-refractivity contribution is 0.278. The molecule has 0 aromatic carbocycles. The first kappa shape index (κ1) is 12.2. The van der Waals surface area contributed by atoms with Gasteiger partial charge in [-0.25, -0.2) is 0 Å². The Kier molecular flexibility index (Phi) is 3.37. The van der Waals surface area contributed by atoms with E-state index in [9.17, 15) is 0 Å². The minimum atomic E-state index is 0.221. The summed E-state index contributed by atoms with van der Waals surface area (Å²) >= 11 is 0. The molecule has 1 saturated heterocycles. The Morgan fingerprint density at radius 2 is 1.94 bits per heavy atom. The van der Waals surface area contributed by atoms with Crippen molar-refractivity contribution in [3.05, 3.63) is 12.2 Å². The number of nitrogens with one attached hydrogen (secondary N) is 1. The van der Waals surface area contributed by atoms with Crippen LogP contribution in [0.25, 0.3) is 0 Å². The number of hydrogen-bond acceptors (Lipinski definition) is 3. The van der Waals surface area contributed by atoms with Gasteiger partial charge in [-0.2, -0.15) is 0 Å². The molecule has 3 rings (SSSR count). The van der Waals surface area contributed by atoms with E-state index in [0.29, 0.717) is 6.04 Å². The summed E-state index contributed by atoms with van der Waals surface area (Å²) in [6.07, 6.45) is 11.1. The van der Waals surface area contributed by atoms with Gasteiger partial charge in [-0.3, -0.25) is 0 Å². The summed E-state index contributed by atoms with van der Waals surface area (Å²) in [5, 5.41) is 12.1. The van der Waals surface area contributed by atoms with Crippen molar-refractivity contribution in [1.82, 2.24) is 20.1 Å². The Balaban J connectivity index is 1.85. The second-order valence-electron chi connectivity index (χ2n) is 6.16. The molecular weight excluding hydrogens is 224 g/mol. The van der Waals surface area contributed by atoms with Crippen LogP contribution in [0.2, 0.25) is 0 Å². The van der Waals surface area contributed by atoms with E-state index in [0.717, 1.165) is 13.1 Å². The lowest BCUT2D eigenvalue weighted by Crippen LogP contribution is -2.40. The highest BCUT2D eigenvalue weighted by Gasteiger charge is 2.34. The van der Waals surface area contributed by atoms with Gasteiger partial charge in [0.2, 0.25) is 0 Å². The molecule has 4 heteroatoms. The molecular formula is C14H24N4. The lowest BCUT2D eigenvalue weighted by atomic mass is 9.79. The summed E-state index contributed by atoms with van der Waals surface area (Å²) in [7, 11) is 0. The fourth-order valence-corrected chi connectivity index (χ4v) is 3.50.